The molecule has 72 valence electrons. The van der Waals surface area contributed by atoms with Crippen LogP contribution in [0.3, 0.4) is 0 Å². The van der Waals surface area contributed by atoms with Gasteiger partial charge >= 0.3 is 0 Å². The molecule has 3 unspecified atom stereocenters. The van der Waals surface area contributed by atoms with E-state index in [9.17, 15) is 5.11 Å². The molecular weight excluding hydrogens is 158 g/mol. The Morgan fingerprint density at radius 2 is 2.17 bits per heavy atom. The van der Waals surface area contributed by atoms with Gasteiger partial charge < -0.3 is 20.3 Å². The summed E-state index contributed by atoms with van der Waals surface area (Å²) in [5.74, 6) is 0. The summed E-state index contributed by atoms with van der Waals surface area (Å²) in [6, 6.07) is 0. The first kappa shape index (κ1) is 11.6. The normalized spacial score (nSPS) is 18.3. The molecule has 0 aromatic heterocycles. The van der Waals surface area contributed by atoms with E-state index in [1.165, 1.54) is 6.08 Å². The van der Waals surface area contributed by atoms with Gasteiger partial charge in [0, 0.05) is 6.54 Å². The molecule has 0 aromatic carbocycles. The summed E-state index contributed by atoms with van der Waals surface area (Å²) in [4.78, 5) is 0. The molecule has 0 radical (unpaired) electrons. The maximum atomic E-state index is 9.33. The lowest BCUT2D eigenvalue weighted by Gasteiger charge is -2.20. The van der Waals surface area contributed by atoms with Crippen molar-refractivity contribution in [3.05, 3.63) is 12.7 Å². The van der Waals surface area contributed by atoms with E-state index in [-0.39, 0.29) is 0 Å². The van der Waals surface area contributed by atoms with Crippen LogP contribution in [0.4, 0.5) is 0 Å². The number of aliphatic hydroxyl groups excluding tert-OH is 2. The summed E-state index contributed by atoms with van der Waals surface area (Å²) < 4.78 is 4.96. The maximum absolute atomic E-state index is 9.33. The van der Waals surface area contributed by atoms with Crippen molar-refractivity contribution in [3.63, 3.8) is 0 Å². The second-order valence-electron chi connectivity index (χ2n) is 2.59. The molecule has 0 aromatic rings. The highest BCUT2D eigenvalue weighted by Gasteiger charge is 2.15. The Bertz CT molecular complexity index is 129. The number of aliphatic hydroxyl groups is 2. The SMILES string of the molecule is C=CC(O)OC(C)C(O)CNC. The van der Waals surface area contributed by atoms with Crippen molar-refractivity contribution < 1.29 is 14.9 Å². The van der Waals surface area contributed by atoms with Crippen LogP contribution in [-0.4, -0.2) is 42.3 Å². The van der Waals surface area contributed by atoms with Crippen LogP contribution in [0.15, 0.2) is 12.7 Å². The molecule has 0 saturated carbocycles. The Morgan fingerprint density at radius 3 is 2.58 bits per heavy atom. The minimum absolute atomic E-state index is 0.412. The van der Waals surface area contributed by atoms with Crippen LogP contribution in [-0.2, 0) is 4.74 Å². The average Bonchev–Trinajstić information content (AvgIpc) is 2.04. The molecule has 0 heterocycles. The van der Waals surface area contributed by atoms with Crippen LogP contribution in [0.2, 0.25) is 0 Å². The molecule has 0 rings (SSSR count). The van der Waals surface area contributed by atoms with Gasteiger partial charge in [0.2, 0.25) is 0 Å². The highest BCUT2D eigenvalue weighted by atomic mass is 16.6. The van der Waals surface area contributed by atoms with E-state index < -0.39 is 18.5 Å². The minimum atomic E-state index is -1.01. The van der Waals surface area contributed by atoms with Crippen molar-refractivity contribution >= 4 is 0 Å². The number of nitrogens with one attached hydrogen (secondary N) is 1. The van der Waals surface area contributed by atoms with Crippen molar-refractivity contribution in [2.45, 2.75) is 25.4 Å². The van der Waals surface area contributed by atoms with E-state index in [2.05, 4.69) is 11.9 Å². The van der Waals surface area contributed by atoms with E-state index in [1.54, 1.807) is 14.0 Å². The summed E-state index contributed by atoms with van der Waals surface area (Å²) in [5, 5.41) is 21.1. The van der Waals surface area contributed by atoms with Crippen LogP contribution < -0.4 is 5.32 Å². The van der Waals surface area contributed by atoms with E-state index in [0.29, 0.717) is 6.54 Å². The van der Waals surface area contributed by atoms with Gasteiger partial charge in [-0.25, -0.2) is 0 Å². The summed E-state index contributed by atoms with van der Waals surface area (Å²) in [7, 11) is 1.74. The number of rotatable bonds is 6. The molecular formula is C8H17NO3. The molecule has 0 aliphatic heterocycles. The molecule has 0 saturated heterocycles. The highest BCUT2D eigenvalue weighted by Crippen LogP contribution is 2.01. The molecule has 0 aliphatic carbocycles. The van der Waals surface area contributed by atoms with Crippen molar-refractivity contribution in [1.29, 1.82) is 0 Å². The van der Waals surface area contributed by atoms with Crippen molar-refractivity contribution in [1.82, 2.24) is 5.32 Å². The predicted octanol–water partition coefficient (Wildman–Crippen LogP) is -0.524. The van der Waals surface area contributed by atoms with E-state index in [4.69, 9.17) is 9.84 Å². The first-order valence-corrected chi connectivity index (χ1v) is 3.90. The quantitative estimate of drug-likeness (QED) is 0.375. The van der Waals surface area contributed by atoms with Gasteiger partial charge in [0.15, 0.2) is 6.29 Å². The van der Waals surface area contributed by atoms with Gasteiger partial charge in [0.05, 0.1) is 12.2 Å². The molecule has 0 aliphatic rings. The molecule has 4 nitrogen and oxygen atoms in total. The van der Waals surface area contributed by atoms with Crippen molar-refractivity contribution in [2.75, 3.05) is 13.6 Å². The Balaban J connectivity index is 3.69. The summed E-state index contributed by atoms with van der Waals surface area (Å²) in [6.07, 6.45) is -0.774. The van der Waals surface area contributed by atoms with Gasteiger partial charge in [-0.05, 0) is 20.0 Å². The second-order valence-corrected chi connectivity index (χ2v) is 2.59. The van der Waals surface area contributed by atoms with E-state index in [1.807, 2.05) is 0 Å². The molecule has 0 fully saturated rings. The van der Waals surface area contributed by atoms with Gasteiger partial charge in [-0.15, -0.1) is 0 Å². The lowest BCUT2D eigenvalue weighted by atomic mass is 10.2. The zero-order valence-electron chi connectivity index (χ0n) is 7.53. The van der Waals surface area contributed by atoms with Crippen LogP contribution in [0.25, 0.3) is 0 Å². The molecule has 3 N–H and O–H groups in total. The van der Waals surface area contributed by atoms with Crippen LogP contribution in [0.5, 0.6) is 0 Å². The Morgan fingerprint density at radius 1 is 1.58 bits per heavy atom. The number of hydrogen-bond donors (Lipinski definition) is 3. The second kappa shape index (κ2) is 6.14. The minimum Gasteiger partial charge on any atom is -0.389 e. The fourth-order valence-electron chi connectivity index (χ4n) is 0.741. The Hall–Kier alpha value is -0.420. The third-order valence-corrected chi connectivity index (χ3v) is 1.51. The predicted molar refractivity (Wildman–Crippen MR) is 46.7 cm³/mol. The number of ether oxygens (including phenoxy) is 1. The number of hydrogen-bond acceptors (Lipinski definition) is 4. The zero-order chi connectivity index (χ0) is 9.56. The largest absolute Gasteiger partial charge is 0.389 e. The van der Waals surface area contributed by atoms with Crippen LogP contribution in [0.1, 0.15) is 6.92 Å². The van der Waals surface area contributed by atoms with E-state index in [0.717, 1.165) is 0 Å². The molecule has 0 spiro atoms. The van der Waals surface area contributed by atoms with Crippen molar-refractivity contribution in [2.24, 2.45) is 0 Å². The summed E-state index contributed by atoms with van der Waals surface area (Å²) in [6.45, 7) is 5.47. The lowest BCUT2D eigenvalue weighted by Crippen LogP contribution is -2.36. The summed E-state index contributed by atoms with van der Waals surface area (Å²) in [5.41, 5.74) is 0. The first-order valence-electron chi connectivity index (χ1n) is 3.90. The van der Waals surface area contributed by atoms with Gasteiger partial charge in [0.25, 0.3) is 0 Å². The molecule has 3 atom stereocenters. The molecule has 12 heavy (non-hydrogen) atoms. The Labute approximate surface area is 72.9 Å². The monoisotopic (exact) mass is 175 g/mol. The average molecular weight is 175 g/mol. The van der Waals surface area contributed by atoms with E-state index >= 15 is 0 Å². The molecule has 0 bridgehead atoms. The fourth-order valence-corrected chi connectivity index (χ4v) is 0.741. The zero-order valence-corrected chi connectivity index (χ0v) is 7.53. The number of likely N-dealkylation sites (N-methyl/N-ethyl adjacent to an activating group) is 1. The third kappa shape index (κ3) is 4.46. The van der Waals surface area contributed by atoms with Gasteiger partial charge in [-0.2, -0.15) is 0 Å². The van der Waals surface area contributed by atoms with Crippen LogP contribution >= 0.6 is 0 Å². The van der Waals surface area contributed by atoms with Gasteiger partial charge in [0.1, 0.15) is 0 Å². The molecule has 4 heteroatoms. The lowest BCUT2D eigenvalue weighted by molar-refractivity contribution is -0.132. The summed E-state index contributed by atoms with van der Waals surface area (Å²) >= 11 is 0. The third-order valence-electron chi connectivity index (χ3n) is 1.51. The van der Waals surface area contributed by atoms with Crippen LogP contribution in [0, 0.1) is 0 Å². The Kier molecular flexibility index (Phi) is 5.92. The topological polar surface area (TPSA) is 61.7 Å². The fraction of sp³-hybridized carbons (Fsp3) is 0.750. The van der Waals surface area contributed by atoms with Gasteiger partial charge in [-0.3, -0.25) is 0 Å². The standard InChI is InChI=1S/C8H17NO3/c1-4-8(11)12-6(2)7(10)5-9-3/h4,6-11H,1,5H2,2-3H3. The first-order chi connectivity index (χ1) is 5.61. The van der Waals surface area contributed by atoms with Crippen molar-refractivity contribution in [3.8, 4) is 0 Å². The maximum Gasteiger partial charge on any atom is 0.174 e. The van der Waals surface area contributed by atoms with Gasteiger partial charge in [-0.1, -0.05) is 6.58 Å². The smallest absolute Gasteiger partial charge is 0.174 e. The molecule has 0 amide bonds. The highest BCUT2D eigenvalue weighted by molar-refractivity contribution is 4.73.